The van der Waals surface area contributed by atoms with Gasteiger partial charge in [0, 0.05) is 23.1 Å². The second-order valence-electron chi connectivity index (χ2n) is 3.90. The molecule has 1 fully saturated rings. The summed E-state index contributed by atoms with van der Waals surface area (Å²) in [5.41, 5.74) is 1.07. The average molecular weight is 283 g/mol. The van der Waals surface area contributed by atoms with Crippen LogP contribution in [0.15, 0.2) is 18.2 Å². The number of aliphatic carboxylic acids is 1. The average Bonchev–Trinajstić information content (AvgIpc) is 2.38. The van der Waals surface area contributed by atoms with Gasteiger partial charge in [-0.15, -0.1) is 0 Å². The van der Waals surface area contributed by atoms with E-state index < -0.39 is 12.0 Å². The number of nitriles is 1. The third-order valence-electron chi connectivity index (χ3n) is 2.80. The Balaban J connectivity index is 2.40. The van der Waals surface area contributed by atoms with Crippen LogP contribution in [-0.2, 0) is 4.79 Å². The lowest BCUT2D eigenvalue weighted by atomic mass is 10.1. The van der Waals surface area contributed by atoms with E-state index in [0.29, 0.717) is 28.6 Å². The smallest absolute Gasteiger partial charge is 0.327 e. The summed E-state index contributed by atoms with van der Waals surface area (Å²) in [5, 5.41) is 18.8. The number of hydrogen-bond acceptors (Lipinski definition) is 4. The summed E-state index contributed by atoms with van der Waals surface area (Å²) in [5.74, 6) is 0.529. The first kappa shape index (κ1) is 13.1. The topological polar surface area (TPSA) is 64.3 Å². The van der Waals surface area contributed by atoms with Gasteiger partial charge in [0.2, 0.25) is 0 Å². The fraction of sp³-hybridized carbons (Fsp3) is 0.333. The van der Waals surface area contributed by atoms with Crippen molar-refractivity contribution in [2.45, 2.75) is 6.04 Å². The van der Waals surface area contributed by atoms with Gasteiger partial charge < -0.3 is 10.0 Å². The van der Waals surface area contributed by atoms with Crippen LogP contribution >= 0.6 is 23.4 Å². The number of carboxylic acid groups (broad SMARTS) is 1. The predicted molar refractivity (Wildman–Crippen MR) is 72.3 cm³/mol. The first-order valence-electron chi connectivity index (χ1n) is 5.40. The minimum Gasteiger partial charge on any atom is -0.480 e. The Morgan fingerprint density at radius 1 is 1.61 bits per heavy atom. The molecule has 1 aliphatic heterocycles. The summed E-state index contributed by atoms with van der Waals surface area (Å²) < 4.78 is 0. The van der Waals surface area contributed by atoms with E-state index in [1.165, 1.54) is 0 Å². The number of benzene rings is 1. The Morgan fingerprint density at radius 3 is 3.06 bits per heavy atom. The highest BCUT2D eigenvalue weighted by Crippen LogP contribution is 2.29. The molecule has 0 spiro atoms. The minimum absolute atomic E-state index is 0.417. The molecule has 1 unspecified atom stereocenters. The molecule has 4 nitrogen and oxygen atoms in total. The van der Waals surface area contributed by atoms with Gasteiger partial charge in [-0.1, -0.05) is 11.6 Å². The van der Waals surface area contributed by atoms with E-state index in [2.05, 4.69) is 6.07 Å². The van der Waals surface area contributed by atoms with Gasteiger partial charge in [-0.3, -0.25) is 0 Å². The van der Waals surface area contributed by atoms with E-state index in [4.69, 9.17) is 16.9 Å². The number of nitrogens with zero attached hydrogens (tertiary/aromatic N) is 2. The Bertz CT molecular complexity index is 515. The molecule has 1 saturated heterocycles. The molecular weight excluding hydrogens is 272 g/mol. The molecule has 1 atom stereocenters. The quantitative estimate of drug-likeness (QED) is 0.901. The molecule has 94 valence electrons. The highest BCUT2D eigenvalue weighted by molar-refractivity contribution is 7.99. The number of hydrogen-bond donors (Lipinski definition) is 1. The summed E-state index contributed by atoms with van der Waals surface area (Å²) in [6, 6.07) is 6.44. The van der Waals surface area contributed by atoms with Crippen LogP contribution in [0.3, 0.4) is 0 Å². The van der Waals surface area contributed by atoms with Crippen molar-refractivity contribution in [2.24, 2.45) is 0 Å². The van der Waals surface area contributed by atoms with Crippen molar-refractivity contribution in [1.29, 1.82) is 5.26 Å². The third-order valence-corrected chi connectivity index (χ3v) is 4.06. The lowest BCUT2D eigenvalue weighted by molar-refractivity contribution is -0.138. The maximum atomic E-state index is 11.2. The first-order chi connectivity index (χ1) is 8.63. The molecule has 0 aromatic heterocycles. The largest absolute Gasteiger partial charge is 0.480 e. The lowest BCUT2D eigenvalue weighted by Crippen LogP contribution is -2.47. The van der Waals surface area contributed by atoms with Gasteiger partial charge in [0.05, 0.1) is 11.3 Å². The van der Waals surface area contributed by atoms with Crippen LogP contribution in [0.5, 0.6) is 0 Å². The number of anilines is 1. The number of carbonyl (C=O) groups is 1. The summed E-state index contributed by atoms with van der Waals surface area (Å²) in [6.07, 6.45) is 0. The number of halogens is 1. The summed E-state index contributed by atoms with van der Waals surface area (Å²) >= 11 is 7.46. The Labute approximate surface area is 114 Å². The molecule has 1 aromatic carbocycles. The van der Waals surface area contributed by atoms with Gasteiger partial charge in [0.15, 0.2) is 0 Å². The van der Waals surface area contributed by atoms with Gasteiger partial charge in [0.1, 0.15) is 12.1 Å². The molecule has 0 saturated carbocycles. The molecule has 1 N–H and O–H groups in total. The van der Waals surface area contributed by atoms with Crippen molar-refractivity contribution >= 4 is 35.0 Å². The van der Waals surface area contributed by atoms with E-state index in [9.17, 15) is 9.90 Å². The van der Waals surface area contributed by atoms with Crippen LogP contribution in [0.2, 0.25) is 5.02 Å². The Hall–Kier alpha value is -1.38. The number of rotatable bonds is 2. The van der Waals surface area contributed by atoms with E-state index in [-0.39, 0.29) is 0 Å². The van der Waals surface area contributed by atoms with Gasteiger partial charge in [0.25, 0.3) is 0 Å². The van der Waals surface area contributed by atoms with E-state index in [0.717, 1.165) is 5.75 Å². The molecule has 18 heavy (non-hydrogen) atoms. The highest BCUT2D eigenvalue weighted by atomic mass is 35.5. The maximum Gasteiger partial charge on any atom is 0.327 e. The molecule has 0 radical (unpaired) electrons. The zero-order chi connectivity index (χ0) is 13.1. The zero-order valence-corrected chi connectivity index (χ0v) is 11.0. The summed E-state index contributed by atoms with van der Waals surface area (Å²) in [7, 11) is 0. The van der Waals surface area contributed by atoms with E-state index in [1.54, 1.807) is 34.9 Å². The SMILES string of the molecule is N#Cc1cc(Cl)ccc1N1CCSCC1C(=O)O. The van der Waals surface area contributed by atoms with Crippen molar-refractivity contribution in [3.8, 4) is 6.07 Å². The number of carboxylic acids is 1. The van der Waals surface area contributed by atoms with Crippen molar-refractivity contribution in [3.63, 3.8) is 0 Å². The minimum atomic E-state index is -0.860. The van der Waals surface area contributed by atoms with Crippen molar-refractivity contribution in [3.05, 3.63) is 28.8 Å². The van der Waals surface area contributed by atoms with Crippen LogP contribution < -0.4 is 4.90 Å². The predicted octanol–water partition coefficient (Wildman–Crippen LogP) is 2.22. The normalized spacial score (nSPS) is 19.3. The van der Waals surface area contributed by atoms with Crippen LogP contribution in [0, 0.1) is 11.3 Å². The molecule has 0 bridgehead atoms. The van der Waals surface area contributed by atoms with Crippen LogP contribution in [0.1, 0.15) is 5.56 Å². The van der Waals surface area contributed by atoms with Gasteiger partial charge in [-0.2, -0.15) is 17.0 Å². The summed E-state index contributed by atoms with van der Waals surface area (Å²) in [4.78, 5) is 13.0. The Morgan fingerprint density at radius 2 is 2.39 bits per heavy atom. The molecule has 1 aromatic rings. The lowest BCUT2D eigenvalue weighted by Gasteiger charge is -2.35. The molecule has 6 heteroatoms. The first-order valence-corrected chi connectivity index (χ1v) is 6.93. The fourth-order valence-electron chi connectivity index (χ4n) is 1.94. The van der Waals surface area contributed by atoms with Crippen molar-refractivity contribution < 1.29 is 9.90 Å². The van der Waals surface area contributed by atoms with E-state index >= 15 is 0 Å². The standard InChI is InChI=1S/C12H11ClN2O2S/c13-9-1-2-10(8(5-9)6-14)15-3-4-18-7-11(15)12(16)17/h1-2,5,11H,3-4,7H2,(H,16,17). The highest BCUT2D eigenvalue weighted by Gasteiger charge is 2.30. The van der Waals surface area contributed by atoms with Gasteiger partial charge >= 0.3 is 5.97 Å². The maximum absolute atomic E-state index is 11.2. The molecule has 2 rings (SSSR count). The zero-order valence-electron chi connectivity index (χ0n) is 9.47. The molecular formula is C12H11ClN2O2S. The van der Waals surface area contributed by atoms with Gasteiger partial charge in [-0.05, 0) is 18.2 Å². The summed E-state index contributed by atoms with van der Waals surface area (Å²) in [6.45, 7) is 0.623. The molecule has 1 aliphatic rings. The van der Waals surface area contributed by atoms with Crippen LogP contribution in [0.4, 0.5) is 5.69 Å². The number of thioether (sulfide) groups is 1. The monoisotopic (exact) mass is 282 g/mol. The van der Waals surface area contributed by atoms with Crippen molar-refractivity contribution in [2.75, 3.05) is 23.0 Å². The van der Waals surface area contributed by atoms with Crippen molar-refractivity contribution in [1.82, 2.24) is 0 Å². The van der Waals surface area contributed by atoms with E-state index in [1.807, 2.05) is 0 Å². The van der Waals surface area contributed by atoms with Crippen LogP contribution in [-0.4, -0.2) is 35.2 Å². The molecule has 1 heterocycles. The third kappa shape index (κ3) is 2.55. The second-order valence-corrected chi connectivity index (χ2v) is 5.48. The fourth-order valence-corrected chi connectivity index (χ4v) is 3.16. The van der Waals surface area contributed by atoms with Gasteiger partial charge in [-0.25, -0.2) is 4.79 Å². The Kier molecular flexibility index (Phi) is 4.00. The van der Waals surface area contributed by atoms with Crippen LogP contribution in [0.25, 0.3) is 0 Å². The second kappa shape index (κ2) is 5.51. The molecule has 0 amide bonds. The molecule has 0 aliphatic carbocycles.